The van der Waals surface area contributed by atoms with Crippen LogP contribution < -0.4 is 19.5 Å². The van der Waals surface area contributed by atoms with Gasteiger partial charge in [-0.3, -0.25) is 9.52 Å². The molecule has 1 aliphatic rings. The van der Waals surface area contributed by atoms with Gasteiger partial charge in [-0.15, -0.1) is 0 Å². The molecule has 24 heavy (non-hydrogen) atoms. The highest BCUT2D eigenvalue weighted by molar-refractivity contribution is 7.92. The second-order valence-corrected chi connectivity index (χ2v) is 7.25. The number of fused-ring (bicyclic) bond motifs is 1. The summed E-state index contributed by atoms with van der Waals surface area (Å²) in [5.74, 6) is 0.462. The van der Waals surface area contributed by atoms with E-state index in [1.54, 1.807) is 30.3 Å². The molecule has 2 N–H and O–H groups in total. The van der Waals surface area contributed by atoms with Crippen molar-refractivity contribution in [1.29, 1.82) is 0 Å². The first-order valence-corrected chi connectivity index (χ1v) is 9.07. The molecule has 2 aromatic carbocycles. The Labute approximate surface area is 143 Å². The van der Waals surface area contributed by atoms with E-state index in [1.807, 2.05) is 0 Å². The van der Waals surface area contributed by atoms with Crippen LogP contribution in [0.5, 0.6) is 11.5 Å². The van der Waals surface area contributed by atoms with E-state index in [0.29, 0.717) is 33.5 Å². The number of sulfonamides is 1. The van der Waals surface area contributed by atoms with Crippen molar-refractivity contribution in [3.05, 3.63) is 47.0 Å². The lowest BCUT2D eigenvalue weighted by Crippen LogP contribution is -2.12. The fourth-order valence-corrected chi connectivity index (χ4v) is 2.97. The van der Waals surface area contributed by atoms with Crippen LogP contribution in [0.3, 0.4) is 0 Å². The van der Waals surface area contributed by atoms with Crippen LogP contribution >= 0.6 is 11.6 Å². The molecule has 1 aliphatic heterocycles. The summed E-state index contributed by atoms with van der Waals surface area (Å²) in [6.07, 6.45) is 1.06. The highest BCUT2D eigenvalue weighted by Gasteiger charge is 2.20. The van der Waals surface area contributed by atoms with Crippen LogP contribution in [0, 0.1) is 0 Å². The quantitative estimate of drug-likeness (QED) is 0.865. The van der Waals surface area contributed by atoms with E-state index in [4.69, 9.17) is 21.1 Å². The Hall–Kier alpha value is -2.45. The molecule has 3 rings (SSSR count). The first kappa shape index (κ1) is 16.4. The zero-order valence-electron chi connectivity index (χ0n) is 12.5. The molecule has 1 amide bonds. The van der Waals surface area contributed by atoms with Gasteiger partial charge in [0.1, 0.15) is 0 Å². The molecule has 0 radical (unpaired) electrons. The third-order valence-corrected chi connectivity index (χ3v) is 4.02. The zero-order chi connectivity index (χ0) is 17.3. The lowest BCUT2D eigenvalue weighted by molar-refractivity contribution is 0.102. The molecule has 1 heterocycles. The van der Waals surface area contributed by atoms with E-state index in [9.17, 15) is 13.2 Å². The first-order valence-electron chi connectivity index (χ1n) is 6.80. The predicted molar refractivity (Wildman–Crippen MR) is 90.4 cm³/mol. The average molecular weight is 369 g/mol. The highest BCUT2D eigenvalue weighted by atomic mass is 35.5. The van der Waals surface area contributed by atoms with Crippen LogP contribution in [0.2, 0.25) is 5.02 Å². The molecule has 0 aliphatic carbocycles. The lowest BCUT2D eigenvalue weighted by atomic mass is 10.2. The second-order valence-electron chi connectivity index (χ2n) is 5.10. The van der Waals surface area contributed by atoms with Gasteiger partial charge in [0, 0.05) is 16.9 Å². The van der Waals surface area contributed by atoms with E-state index in [-0.39, 0.29) is 12.7 Å². The van der Waals surface area contributed by atoms with Crippen molar-refractivity contribution in [2.45, 2.75) is 0 Å². The minimum atomic E-state index is -3.34. The molecule has 0 bridgehead atoms. The number of rotatable bonds is 4. The minimum Gasteiger partial charge on any atom is -0.454 e. The normalized spacial score (nSPS) is 12.8. The predicted octanol–water partition coefficient (Wildman–Crippen LogP) is 2.69. The van der Waals surface area contributed by atoms with Crippen LogP contribution in [-0.2, 0) is 10.0 Å². The average Bonchev–Trinajstić information content (AvgIpc) is 2.97. The largest absolute Gasteiger partial charge is 0.454 e. The third-order valence-electron chi connectivity index (χ3n) is 3.14. The summed E-state index contributed by atoms with van der Waals surface area (Å²) >= 11 is 6.05. The van der Waals surface area contributed by atoms with Crippen molar-refractivity contribution in [1.82, 2.24) is 0 Å². The molecule has 0 saturated heterocycles. The summed E-state index contributed by atoms with van der Waals surface area (Å²) in [5.41, 5.74) is 1.23. The summed E-state index contributed by atoms with van der Waals surface area (Å²) in [7, 11) is -3.34. The fraction of sp³-hybridized carbons (Fsp3) is 0.133. The third kappa shape index (κ3) is 3.72. The molecule has 0 aromatic heterocycles. The Morgan fingerprint density at radius 1 is 1.12 bits per heavy atom. The summed E-state index contributed by atoms with van der Waals surface area (Å²) in [6.45, 7) is 0.0644. The monoisotopic (exact) mass is 368 g/mol. The molecule has 0 atom stereocenters. The number of hydrogen-bond acceptors (Lipinski definition) is 5. The summed E-state index contributed by atoms with van der Waals surface area (Å²) in [4.78, 5) is 12.3. The molecule has 2 aromatic rings. The van der Waals surface area contributed by atoms with Crippen LogP contribution in [0.15, 0.2) is 36.4 Å². The van der Waals surface area contributed by atoms with E-state index < -0.39 is 10.0 Å². The van der Waals surface area contributed by atoms with Gasteiger partial charge in [-0.1, -0.05) is 11.6 Å². The van der Waals surface area contributed by atoms with Crippen LogP contribution in [-0.4, -0.2) is 27.4 Å². The number of benzene rings is 2. The van der Waals surface area contributed by atoms with Gasteiger partial charge in [-0.05, 0) is 36.4 Å². The number of nitrogens with one attached hydrogen (secondary N) is 2. The van der Waals surface area contributed by atoms with Crippen LogP contribution in [0.25, 0.3) is 0 Å². The van der Waals surface area contributed by atoms with Crippen molar-refractivity contribution in [3.8, 4) is 11.5 Å². The van der Waals surface area contributed by atoms with E-state index in [2.05, 4.69) is 10.0 Å². The van der Waals surface area contributed by atoms with E-state index in [0.717, 1.165) is 6.26 Å². The maximum atomic E-state index is 12.3. The van der Waals surface area contributed by atoms with Gasteiger partial charge in [0.05, 0.1) is 11.3 Å². The van der Waals surface area contributed by atoms with Crippen LogP contribution in [0.4, 0.5) is 11.4 Å². The molecule has 0 saturated carbocycles. The number of amides is 1. The molecule has 126 valence electrons. The molecule has 7 nitrogen and oxygen atoms in total. The second kappa shape index (κ2) is 6.21. The maximum absolute atomic E-state index is 12.3. The van der Waals surface area contributed by atoms with Gasteiger partial charge < -0.3 is 14.8 Å². The van der Waals surface area contributed by atoms with Crippen molar-refractivity contribution in [2.24, 2.45) is 0 Å². The van der Waals surface area contributed by atoms with Crippen LogP contribution in [0.1, 0.15) is 10.4 Å². The molecule has 0 fully saturated rings. The zero-order valence-corrected chi connectivity index (χ0v) is 14.1. The highest BCUT2D eigenvalue weighted by Crippen LogP contribution is 2.39. The topological polar surface area (TPSA) is 93.7 Å². The number of carbonyl (C=O) groups is 1. The summed E-state index contributed by atoms with van der Waals surface area (Å²) < 4.78 is 35.1. The Morgan fingerprint density at radius 2 is 1.79 bits per heavy atom. The van der Waals surface area contributed by atoms with Gasteiger partial charge in [-0.25, -0.2) is 8.42 Å². The summed E-state index contributed by atoms with van der Waals surface area (Å²) in [5, 5.41) is 2.99. The Bertz CT molecular complexity index is 897. The number of hydrogen-bond donors (Lipinski definition) is 2. The number of ether oxygens (including phenoxy) is 2. The van der Waals surface area contributed by atoms with Gasteiger partial charge in [-0.2, -0.15) is 0 Å². The standard InChI is InChI=1S/C15H13ClN2O5S/c1-24(20,21)18-11-4-2-10(3-5-11)17-15(19)9-6-12(16)14-13(7-9)22-8-23-14/h2-7,18H,8H2,1H3,(H,17,19). The fourth-order valence-electron chi connectivity index (χ4n) is 2.14. The van der Waals surface area contributed by atoms with Gasteiger partial charge in [0.2, 0.25) is 16.8 Å². The number of halogens is 1. The van der Waals surface area contributed by atoms with Gasteiger partial charge in [0.15, 0.2) is 11.5 Å². The molecular weight excluding hydrogens is 356 g/mol. The number of carbonyl (C=O) groups excluding carboxylic acids is 1. The van der Waals surface area contributed by atoms with Crippen molar-refractivity contribution >= 4 is 38.9 Å². The molecule has 0 unspecified atom stereocenters. The van der Waals surface area contributed by atoms with E-state index in [1.165, 1.54) is 6.07 Å². The van der Waals surface area contributed by atoms with Crippen molar-refractivity contribution < 1.29 is 22.7 Å². The smallest absolute Gasteiger partial charge is 0.255 e. The molecule has 0 spiro atoms. The Kier molecular flexibility index (Phi) is 4.25. The SMILES string of the molecule is CS(=O)(=O)Nc1ccc(NC(=O)c2cc(Cl)c3c(c2)OCO3)cc1. The van der Waals surface area contributed by atoms with Gasteiger partial charge in [0.25, 0.3) is 5.91 Å². The minimum absolute atomic E-state index is 0.0644. The first-order chi connectivity index (χ1) is 11.3. The van der Waals surface area contributed by atoms with Gasteiger partial charge >= 0.3 is 0 Å². The Balaban J connectivity index is 1.74. The number of anilines is 2. The van der Waals surface area contributed by atoms with Crippen molar-refractivity contribution in [3.63, 3.8) is 0 Å². The summed E-state index contributed by atoms with van der Waals surface area (Å²) in [6, 6.07) is 9.29. The molecular formula is C15H13ClN2O5S. The molecule has 9 heteroatoms. The van der Waals surface area contributed by atoms with E-state index >= 15 is 0 Å². The van der Waals surface area contributed by atoms with Crippen molar-refractivity contribution in [2.75, 3.05) is 23.1 Å². The maximum Gasteiger partial charge on any atom is 0.255 e. The Morgan fingerprint density at radius 3 is 2.46 bits per heavy atom. The lowest BCUT2D eigenvalue weighted by Gasteiger charge is -2.08.